The first-order chi connectivity index (χ1) is 8.72. The summed E-state index contributed by atoms with van der Waals surface area (Å²) in [6.45, 7) is 4.72. The molecule has 3 nitrogen and oxygen atoms in total. The fourth-order valence-corrected chi connectivity index (χ4v) is 2.98. The fraction of sp³-hybridized carbons (Fsp3) is 0.533. The lowest BCUT2D eigenvalue weighted by Gasteiger charge is -2.34. The number of hydrogen-bond acceptors (Lipinski definition) is 2. The van der Waals surface area contributed by atoms with E-state index in [2.05, 4.69) is 47.6 Å². The van der Waals surface area contributed by atoms with Crippen LogP contribution >= 0.6 is 0 Å². The Hall–Kier alpha value is -1.51. The van der Waals surface area contributed by atoms with E-state index in [0.29, 0.717) is 6.04 Å². The molecule has 1 heterocycles. The number of nitrogens with one attached hydrogen (secondary N) is 2. The van der Waals surface area contributed by atoms with Gasteiger partial charge in [-0.05, 0) is 42.9 Å². The summed E-state index contributed by atoms with van der Waals surface area (Å²) in [6.07, 6.45) is 5.88. The molecule has 1 fully saturated rings. The van der Waals surface area contributed by atoms with E-state index in [1.165, 1.54) is 30.3 Å². The molecule has 3 unspecified atom stereocenters. The lowest BCUT2D eigenvalue weighted by Crippen LogP contribution is -2.33. The SMILES string of the molecule is CC1CCC(C)C(Nc2ccc3[nH]ncc3c2)C1. The van der Waals surface area contributed by atoms with Crippen molar-refractivity contribution in [2.24, 2.45) is 11.8 Å². The molecular formula is C15H21N3. The highest BCUT2D eigenvalue weighted by molar-refractivity contribution is 5.81. The Labute approximate surface area is 108 Å². The Morgan fingerprint density at radius 1 is 1.28 bits per heavy atom. The minimum atomic E-state index is 0.609. The molecule has 0 amide bonds. The summed E-state index contributed by atoms with van der Waals surface area (Å²) in [6, 6.07) is 7.04. The van der Waals surface area contributed by atoms with Gasteiger partial charge in [0.05, 0.1) is 11.7 Å². The summed E-state index contributed by atoms with van der Waals surface area (Å²) < 4.78 is 0. The van der Waals surface area contributed by atoms with E-state index >= 15 is 0 Å². The van der Waals surface area contributed by atoms with Crippen LogP contribution in [-0.4, -0.2) is 16.2 Å². The van der Waals surface area contributed by atoms with E-state index in [1.807, 2.05) is 6.20 Å². The standard InChI is InChI=1S/C15H21N3/c1-10-3-4-11(2)15(7-10)17-13-5-6-14-12(8-13)9-16-18-14/h5-6,8-11,15,17H,3-4,7H2,1-2H3,(H,16,18). The predicted octanol–water partition coefficient (Wildman–Crippen LogP) is 3.80. The zero-order valence-corrected chi connectivity index (χ0v) is 11.1. The predicted molar refractivity (Wildman–Crippen MR) is 75.7 cm³/mol. The van der Waals surface area contributed by atoms with E-state index in [9.17, 15) is 0 Å². The molecule has 3 atom stereocenters. The number of aromatic nitrogens is 2. The van der Waals surface area contributed by atoms with E-state index in [-0.39, 0.29) is 0 Å². The summed E-state index contributed by atoms with van der Waals surface area (Å²) in [5, 5.41) is 11.9. The van der Waals surface area contributed by atoms with Crippen molar-refractivity contribution in [1.29, 1.82) is 0 Å². The molecule has 0 aliphatic heterocycles. The summed E-state index contributed by atoms with van der Waals surface area (Å²) in [5.41, 5.74) is 2.32. The second kappa shape index (κ2) is 4.63. The van der Waals surface area contributed by atoms with E-state index in [0.717, 1.165) is 17.4 Å². The Morgan fingerprint density at radius 2 is 2.17 bits per heavy atom. The van der Waals surface area contributed by atoms with Gasteiger partial charge in [0.2, 0.25) is 0 Å². The minimum Gasteiger partial charge on any atom is -0.382 e. The van der Waals surface area contributed by atoms with Gasteiger partial charge in [0.25, 0.3) is 0 Å². The van der Waals surface area contributed by atoms with E-state index < -0.39 is 0 Å². The van der Waals surface area contributed by atoms with Crippen molar-refractivity contribution in [3.63, 3.8) is 0 Å². The van der Waals surface area contributed by atoms with Crippen LogP contribution in [-0.2, 0) is 0 Å². The minimum absolute atomic E-state index is 0.609. The van der Waals surface area contributed by atoms with Crippen LogP contribution in [0.25, 0.3) is 10.9 Å². The molecule has 1 aromatic carbocycles. The van der Waals surface area contributed by atoms with Crippen molar-refractivity contribution in [2.75, 3.05) is 5.32 Å². The van der Waals surface area contributed by atoms with Crippen LogP contribution in [0.4, 0.5) is 5.69 Å². The van der Waals surface area contributed by atoms with Gasteiger partial charge in [0, 0.05) is 17.1 Å². The van der Waals surface area contributed by atoms with Crippen molar-refractivity contribution in [3.05, 3.63) is 24.4 Å². The van der Waals surface area contributed by atoms with Crippen molar-refractivity contribution >= 4 is 16.6 Å². The number of benzene rings is 1. The first-order valence-electron chi connectivity index (χ1n) is 6.92. The molecule has 1 saturated carbocycles. The Morgan fingerprint density at radius 3 is 3.06 bits per heavy atom. The number of aromatic amines is 1. The quantitative estimate of drug-likeness (QED) is 0.842. The molecule has 1 aliphatic rings. The summed E-state index contributed by atoms with van der Waals surface area (Å²) >= 11 is 0. The van der Waals surface area contributed by atoms with Gasteiger partial charge in [-0.2, -0.15) is 5.10 Å². The van der Waals surface area contributed by atoms with E-state index in [1.54, 1.807) is 0 Å². The topological polar surface area (TPSA) is 40.7 Å². The average Bonchev–Trinajstić information content (AvgIpc) is 2.81. The highest BCUT2D eigenvalue weighted by Gasteiger charge is 2.25. The number of rotatable bonds is 2. The van der Waals surface area contributed by atoms with Gasteiger partial charge in [-0.1, -0.05) is 20.3 Å². The molecule has 2 N–H and O–H groups in total. The maximum absolute atomic E-state index is 4.06. The zero-order chi connectivity index (χ0) is 12.5. The van der Waals surface area contributed by atoms with Gasteiger partial charge in [-0.15, -0.1) is 0 Å². The van der Waals surface area contributed by atoms with Crippen LogP contribution in [0.3, 0.4) is 0 Å². The molecule has 1 aliphatic carbocycles. The molecular weight excluding hydrogens is 222 g/mol. The van der Waals surface area contributed by atoms with Gasteiger partial charge in [0.15, 0.2) is 0 Å². The van der Waals surface area contributed by atoms with E-state index in [4.69, 9.17) is 0 Å². The van der Waals surface area contributed by atoms with Crippen molar-refractivity contribution in [2.45, 2.75) is 39.2 Å². The largest absolute Gasteiger partial charge is 0.382 e. The highest BCUT2D eigenvalue weighted by Crippen LogP contribution is 2.31. The Bertz CT molecular complexity index is 531. The normalized spacial score (nSPS) is 28.4. The zero-order valence-electron chi connectivity index (χ0n) is 11.1. The number of anilines is 1. The second-order valence-electron chi connectivity index (χ2n) is 5.82. The average molecular weight is 243 g/mol. The maximum atomic E-state index is 4.06. The number of H-pyrrole nitrogens is 1. The van der Waals surface area contributed by atoms with Crippen molar-refractivity contribution in [3.8, 4) is 0 Å². The first-order valence-corrected chi connectivity index (χ1v) is 6.92. The van der Waals surface area contributed by atoms with Crippen LogP contribution in [0.1, 0.15) is 33.1 Å². The second-order valence-corrected chi connectivity index (χ2v) is 5.82. The van der Waals surface area contributed by atoms with Crippen LogP contribution in [0.5, 0.6) is 0 Å². The third-order valence-corrected chi connectivity index (χ3v) is 4.25. The lowest BCUT2D eigenvalue weighted by molar-refractivity contribution is 0.281. The number of hydrogen-bond donors (Lipinski definition) is 2. The monoisotopic (exact) mass is 243 g/mol. The highest BCUT2D eigenvalue weighted by atomic mass is 15.1. The van der Waals surface area contributed by atoms with Crippen molar-refractivity contribution in [1.82, 2.24) is 10.2 Å². The van der Waals surface area contributed by atoms with Gasteiger partial charge in [-0.3, -0.25) is 5.10 Å². The van der Waals surface area contributed by atoms with Crippen LogP contribution in [0, 0.1) is 11.8 Å². The van der Waals surface area contributed by atoms with Gasteiger partial charge in [0.1, 0.15) is 0 Å². The molecule has 96 valence electrons. The smallest absolute Gasteiger partial charge is 0.0651 e. The van der Waals surface area contributed by atoms with Gasteiger partial charge < -0.3 is 5.32 Å². The maximum Gasteiger partial charge on any atom is 0.0651 e. The summed E-state index contributed by atoms with van der Waals surface area (Å²) in [5.74, 6) is 1.61. The number of nitrogens with zero attached hydrogens (tertiary/aromatic N) is 1. The molecule has 18 heavy (non-hydrogen) atoms. The lowest BCUT2D eigenvalue weighted by atomic mass is 9.80. The van der Waals surface area contributed by atoms with Gasteiger partial charge >= 0.3 is 0 Å². The Balaban J connectivity index is 1.78. The van der Waals surface area contributed by atoms with Crippen LogP contribution < -0.4 is 5.32 Å². The van der Waals surface area contributed by atoms with Crippen LogP contribution in [0.15, 0.2) is 24.4 Å². The van der Waals surface area contributed by atoms with Crippen LogP contribution in [0.2, 0.25) is 0 Å². The fourth-order valence-electron chi connectivity index (χ4n) is 2.98. The Kier molecular flexibility index (Phi) is 2.98. The summed E-state index contributed by atoms with van der Waals surface area (Å²) in [7, 11) is 0. The molecule has 0 radical (unpaired) electrons. The third kappa shape index (κ3) is 2.22. The number of fused-ring (bicyclic) bond motifs is 1. The molecule has 0 bridgehead atoms. The third-order valence-electron chi connectivity index (χ3n) is 4.25. The molecule has 3 heteroatoms. The molecule has 3 rings (SSSR count). The summed E-state index contributed by atoms with van der Waals surface area (Å²) in [4.78, 5) is 0. The molecule has 1 aromatic heterocycles. The molecule has 0 saturated heterocycles. The van der Waals surface area contributed by atoms with Crippen molar-refractivity contribution < 1.29 is 0 Å². The van der Waals surface area contributed by atoms with Gasteiger partial charge in [-0.25, -0.2) is 0 Å². The first kappa shape index (κ1) is 11.6. The molecule has 0 spiro atoms. The molecule has 2 aromatic rings.